The highest BCUT2D eigenvalue weighted by Gasteiger charge is 2.47. The second-order valence-corrected chi connectivity index (χ2v) is 14.0. The van der Waals surface area contributed by atoms with Crippen LogP contribution in [-0.4, -0.2) is 72.1 Å². The molecule has 0 spiro atoms. The van der Waals surface area contributed by atoms with Gasteiger partial charge in [-0.1, -0.05) is 12.1 Å². The zero-order chi connectivity index (χ0) is 25.4. The molecule has 8 rings (SSSR count). The minimum Gasteiger partial charge on any atom is -0.491 e. The van der Waals surface area contributed by atoms with Gasteiger partial charge in [0.25, 0.3) is 0 Å². The minimum absolute atomic E-state index is 0.0958. The highest BCUT2D eigenvalue weighted by Crippen LogP contribution is 2.46. The average Bonchev–Trinajstić information content (AvgIpc) is 3.72. The Bertz CT molecular complexity index is 1410. The minimum atomic E-state index is -0.593. The van der Waals surface area contributed by atoms with E-state index >= 15 is 0 Å². The molecule has 1 aromatic carbocycles. The Balaban J connectivity index is 1.01. The van der Waals surface area contributed by atoms with Crippen molar-refractivity contribution in [3.63, 3.8) is 0 Å². The lowest BCUT2D eigenvalue weighted by atomic mass is 9.79. The molecule has 3 aromatic rings. The van der Waals surface area contributed by atoms with Gasteiger partial charge in [-0.3, -0.25) is 9.11 Å². The maximum absolute atomic E-state index is 12.1. The third-order valence-electron chi connectivity index (χ3n) is 9.86. The molecular formula is C29H35N5O3S. The van der Waals surface area contributed by atoms with Crippen LogP contribution in [0.25, 0.3) is 22.2 Å². The zero-order valence-corrected chi connectivity index (χ0v) is 22.4. The number of benzene rings is 1. The maximum atomic E-state index is 12.1. The SMILES string of the molecule is Nc1ncnc2c1c(-c1cccc(OCC34CCC(CC3)O4)c1)cn2C1CC(CN2C[C@@H]3C[C@H]2CS3=O)C1. The molecule has 8 nitrogen and oxygen atoms in total. The van der Waals surface area contributed by atoms with Crippen LogP contribution in [-0.2, 0) is 15.5 Å². The van der Waals surface area contributed by atoms with E-state index in [-0.39, 0.29) is 5.60 Å². The summed E-state index contributed by atoms with van der Waals surface area (Å²) in [6, 6.07) is 9.25. The Hall–Kier alpha value is -2.49. The van der Waals surface area contributed by atoms with Gasteiger partial charge in [-0.25, -0.2) is 9.97 Å². The summed E-state index contributed by atoms with van der Waals surface area (Å²) in [5, 5.41) is 1.33. The molecule has 4 saturated heterocycles. The van der Waals surface area contributed by atoms with E-state index in [1.807, 2.05) is 6.07 Å². The van der Waals surface area contributed by atoms with Crippen molar-refractivity contribution in [2.24, 2.45) is 5.92 Å². The molecule has 1 unspecified atom stereocenters. The Morgan fingerprint density at radius 1 is 1.16 bits per heavy atom. The van der Waals surface area contributed by atoms with Gasteiger partial charge in [-0.15, -0.1) is 0 Å². The van der Waals surface area contributed by atoms with Crippen LogP contribution in [0.15, 0.2) is 36.8 Å². The van der Waals surface area contributed by atoms with Gasteiger partial charge in [0.2, 0.25) is 0 Å². The third kappa shape index (κ3) is 3.80. The Labute approximate surface area is 225 Å². The molecule has 4 aliphatic heterocycles. The predicted octanol–water partition coefficient (Wildman–Crippen LogP) is 3.93. The number of likely N-dealkylation sites (tertiary alicyclic amines) is 1. The maximum Gasteiger partial charge on any atom is 0.146 e. The van der Waals surface area contributed by atoms with E-state index in [0.717, 1.165) is 91.7 Å². The van der Waals surface area contributed by atoms with Gasteiger partial charge < -0.3 is 19.8 Å². The highest BCUT2D eigenvalue weighted by molar-refractivity contribution is 7.86. The molecule has 0 amide bonds. The number of fused-ring (bicyclic) bond motifs is 5. The average molecular weight is 534 g/mol. The Morgan fingerprint density at radius 3 is 2.76 bits per heavy atom. The van der Waals surface area contributed by atoms with Crippen molar-refractivity contribution in [2.75, 3.05) is 31.2 Å². The van der Waals surface area contributed by atoms with Crippen LogP contribution in [0.3, 0.4) is 0 Å². The first-order chi connectivity index (χ1) is 18.5. The van der Waals surface area contributed by atoms with E-state index in [0.29, 0.717) is 41.8 Å². The van der Waals surface area contributed by atoms with E-state index in [1.165, 1.54) is 0 Å². The fourth-order valence-electron chi connectivity index (χ4n) is 7.72. The largest absolute Gasteiger partial charge is 0.491 e. The van der Waals surface area contributed by atoms with Gasteiger partial charge in [0.15, 0.2) is 0 Å². The quantitative estimate of drug-likeness (QED) is 0.492. The van der Waals surface area contributed by atoms with Crippen molar-refractivity contribution in [1.29, 1.82) is 0 Å². The van der Waals surface area contributed by atoms with Crippen molar-refractivity contribution in [3.8, 4) is 16.9 Å². The van der Waals surface area contributed by atoms with Crippen LogP contribution in [0.5, 0.6) is 5.75 Å². The van der Waals surface area contributed by atoms with Crippen LogP contribution >= 0.6 is 0 Å². The number of nitrogen functional groups attached to an aromatic ring is 1. The number of ether oxygens (including phenoxy) is 2. The van der Waals surface area contributed by atoms with Gasteiger partial charge in [0.05, 0.1) is 11.5 Å². The monoisotopic (exact) mass is 533 g/mol. The van der Waals surface area contributed by atoms with Crippen molar-refractivity contribution < 1.29 is 13.7 Å². The molecule has 4 bridgehead atoms. The van der Waals surface area contributed by atoms with E-state index in [4.69, 9.17) is 15.2 Å². The molecule has 1 aliphatic carbocycles. The first kappa shape index (κ1) is 23.4. The Kier molecular flexibility index (Phi) is 5.40. The number of hydrogen-bond acceptors (Lipinski definition) is 7. The van der Waals surface area contributed by atoms with E-state index < -0.39 is 10.8 Å². The van der Waals surface area contributed by atoms with Crippen molar-refractivity contribution in [3.05, 3.63) is 36.8 Å². The summed E-state index contributed by atoms with van der Waals surface area (Å²) in [5.41, 5.74) is 9.37. The molecule has 3 atom stereocenters. The Morgan fingerprint density at radius 2 is 2.03 bits per heavy atom. The lowest BCUT2D eigenvalue weighted by molar-refractivity contribution is -0.0198. The number of anilines is 1. The summed E-state index contributed by atoms with van der Waals surface area (Å²) >= 11 is 0. The summed E-state index contributed by atoms with van der Waals surface area (Å²) in [5.74, 6) is 2.93. The number of aromatic nitrogens is 3. The summed E-state index contributed by atoms with van der Waals surface area (Å²) in [6.07, 6.45) is 12.1. The van der Waals surface area contributed by atoms with E-state index in [9.17, 15) is 4.21 Å². The van der Waals surface area contributed by atoms with Gasteiger partial charge >= 0.3 is 0 Å². The highest BCUT2D eigenvalue weighted by atomic mass is 32.2. The van der Waals surface area contributed by atoms with Crippen LogP contribution in [0.4, 0.5) is 5.82 Å². The molecule has 200 valence electrons. The lowest BCUT2D eigenvalue weighted by Crippen LogP contribution is -2.44. The normalized spacial score (nSPS) is 35.8. The number of nitrogens with two attached hydrogens (primary N) is 1. The standard InChI is InChI=1S/C29H35N5O3S/c30-27-26-25(19-2-1-3-23(10-19)36-16-29-6-4-22(37-29)5-7-29)14-34(28(26)32-17-31-27)20-8-18(9-20)12-33-13-24-11-21(33)15-38(24)35/h1-3,10,14,17-18,20-22,24H,4-9,11-13,15-16H2,(H2,30,31,32)/t18?,20?,21-,22?,24-,29?,38?/m0/s1. The number of hydrogen-bond donors (Lipinski definition) is 1. The lowest BCUT2D eigenvalue weighted by Gasteiger charge is -2.40. The molecule has 6 heterocycles. The van der Waals surface area contributed by atoms with Crippen molar-refractivity contribution in [2.45, 2.75) is 74.0 Å². The second-order valence-electron chi connectivity index (χ2n) is 12.2. The first-order valence-electron chi connectivity index (χ1n) is 14.2. The van der Waals surface area contributed by atoms with E-state index in [1.54, 1.807) is 6.33 Å². The van der Waals surface area contributed by atoms with Gasteiger partial charge in [0, 0.05) is 58.7 Å². The summed E-state index contributed by atoms with van der Waals surface area (Å²) in [4.78, 5) is 11.6. The molecule has 2 N–H and O–H groups in total. The van der Waals surface area contributed by atoms with Crippen molar-refractivity contribution in [1.82, 2.24) is 19.4 Å². The molecule has 5 aliphatic rings. The zero-order valence-electron chi connectivity index (χ0n) is 21.6. The van der Waals surface area contributed by atoms with Crippen LogP contribution in [0.1, 0.15) is 51.0 Å². The molecule has 0 radical (unpaired) electrons. The molecule has 5 fully saturated rings. The van der Waals surface area contributed by atoms with Gasteiger partial charge in [-0.05, 0) is 68.6 Å². The summed E-state index contributed by atoms with van der Waals surface area (Å²) in [6.45, 7) is 2.76. The first-order valence-corrected chi connectivity index (χ1v) is 15.6. The molecule has 38 heavy (non-hydrogen) atoms. The fraction of sp³-hybridized carbons (Fsp3) is 0.586. The topological polar surface area (TPSA) is 95.5 Å². The number of rotatable bonds is 7. The number of nitrogens with zero attached hydrogens (tertiary/aromatic N) is 4. The summed E-state index contributed by atoms with van der Waals surface area (Å²) in [7, 11) is -0.593. The van der Waals surface area contributed by atoms with Gasteiger partial charge in [-0.2, -0.15) is 0 Å². The second kappa shape index (κ2) is 8.76. The van der Waals surface area contributed by atoms with Gasteiger partial charge in [0.1, 0.15) is 35.7 Å². The third-order valence-corrected chi connectivity index (χ3v) is 11.7. The predicted molar refractivity (Wildman–Crippen MR) is 147 cm³/mol. The summed E-state index contributed by atoms with van der Waals surface area (Å²) < 4.78 is 26.9. The molecule has 9 heteroatoms. The molecule has 1 saturated carbocycles. The fourth-order valence-corrected chi connectivity index (χ4v) is 9.51. The molecule has 2 aromatic heterocycles. The van der Waals surface area contributed by atoms with Crippen LogP contribution < -0.4 is 10.5 Å². The smallest absolute Gasteiger partial charge is 0.146 e. The van der Waals surface area contributed by atoms with Crippen LogP contribution in [0.2, 0.25) is 0 Å². The van der Waals surface area contributed by atoms with Crippen LogP contribution in [0, 0.1) is 5.92 Å². The van der Waals surface area contributed by atoms with Crippen molar-refractivity contribution >= 4 is 27.7 Å². The molecular weight excluding hydrogens is 498 g/mol. The van der Waals surface area contributed by atoms with E-state index in [2.05, 4.69) is 43.8 Å².